The Morgan fingerprint density at radius 1 is 1.06 bits per heavy atom. The number of hydrogen-bond donors (Lipinski definition) is 1. The Morgan fingerprint density at radius 3 is 2.40 bits per heavy atom. The Morgan fingerprint density at radius 2 is 1.77 bits per heavy atom. The lowest BCUT2D eigenvalue weighted by atomic mass is 10.1. The Bertz CT molecular complexity index is 1240. The van der Waals surface area contributed by atoms with Crippen molar-refractivity contribution in [3.8, 4) is 0 Å². The molecule has 3 rings (SSSR count). The van der Waals surface area contributed by atoms with Crippen LogP contribution in [0.1, 0.15) is 28.0 Å². The number of amides is 1. The lowest BCUT2D eigenvalue weighted by molar-refractivity contribution is 0.0981. The highest BCUT2D eigenvalue weighted by Gasteiger charge is 2.19. The van der Waals surface area contributed by atoms with Gasteiger partial charge in [-0.1, -0.05) is 29.8 Å². The lowest BCUT2D eigenvalue weighted by Gasteiger charge is -2.21. The Hall–Kier alpha value is -2.63. The SMILES string of the molecule is COCCCS(=O)(=O)NC(=O)c1ccc(CN(Cc2ccccn2)S(=O)c2ccc(Cl)cc2)cc1. The number of aromatic nitrogens is 1. The van der Waals surface area contributed by atoms with E-state index < -0.39 is 26.9 Å². The highest BCUT2D eigenvalue weighted by molar-refractivity contribution is 7.90. The number of carbonyl (C=O) groups excluding carboxylic acids is 1. The summed E-state index contributed by atoms with van der Waals surface area (Å²) in [4.78, 5) is 17.3. The van der Waals surface area contributed by atoms with E-state index in [9.17, 15) is 17.4 Å². The van der Waals surface area contributed by atoms with Crippen LogP contribution >= 0.6 is 11.6 Å². The first kappa shape index (κ1) is 27.0. The molecule has 2 aromatic carbocycles. The van der Waals surface area contributed by atoms with Crippen LogP contribution in [-0.2, 0) is 38.8 Å². The monoisotopic (exact) mass is 535 g/mol. The molecular formula is C24H26ClN3O5S2. The van der Waals surface area contributed by atoms with E-state index in [1.54, 1.807) is 59.0 Å². The third-order valence-electron chi connectivity index (χ3n) is 4.90. The van der Waals surface area contributed by atoms with E-state index in [1.165, 1.54) is 7.11 Å². The molecule has 8 nitrogen and oxygen atoms in total. The van der Waals surface area contributed by atoms with Gasteiger partial charge >= 0.3 is 0 Å². The molecule has 1 atom stereocenters. The molecule has 35 heavy (non-hydrogen) atoms. The number of nitrogens with one attached hydrogen (secondary N) is 1. The van der Waals surface area contributed by atoms with Gasteiger partial charge in [0.05, 0.1) is 22.9 Å². The molecule has 3 aromatic rings. The van der Waals surface area contributed by atoms with Crippen LogP contribution in [0.2, 0.25) is 5.02 Å². The van der Waals surface area contributed by atoms with E-state index >= 15 is 0 Å². The molecule has 0 bridgehead atoms. The van der Waals surface area contributed by atoms with E-state index in [0.717, 1.165) is 11.3 Å². The van der Waals surface area contributed by atoms with Crippen LogP contribution in [0.15, 0.2) is 77.8 Å². The van der Waals surface area contributed by atoms with Crippen LogP contribution in [0, 0.1) is 0 Å². The zero-order chi connectivity index (χ0) is 25.3. The van der Waals surface area contributed by atoms with Crippen molar-refractivity contribution in [2.75, 3.05) is 19.5 Å². The predicted octanol–water partition coefficient (Wildman–Crippen LogP) is 3.56. The molecule has 1 aromatic heterocycles. The van der Waals surface area contributed by atoms with E-state index in [4.69, 9.17) is 16.3 Å². The first-order valence-corrected chi connectivity index (χ1v) is 13.9. The Balaban J connectivity index is 1.73. The van der Waals surface area contributed by atoms with Gasteiger partial charge in [0.15, 0.2) is 0 Å². The number of hydrogen-bond acceptors (Lipinski definition) is 6. The summed E-state index contributed by atoms with van der Waals surface area (Å²) < 4.78 is 46.1. The number of carbonyl (C=O) groups is 1. The van der Waals surface area contributed by atoms with Gasteiger partial charge in [-0.3, -0.25) is 9.78 Å². The molecule has 1 N–H and O–H groups in total. The minimum atomic E-state index is -3.75. The summed E-state index contributed by atoms with van der Waals surface area (Å²) in [6.07, 6.45) is 1.96. The average Bonchev–Trinajstić information content (AvgIpc) is 2.84. The van der Waals surface area contributed by atoms with Crippen molar-refractivity contribution in [3.63, 3.8) is 0 Å². The summed E-state index contributed by atoms with van der Waals surface area (Å²) in [6, 6.07) is 18.8. The maximum atomic E-state index is 13.3. The second kappa shape index (κ2) is 12.9. The summed E-state index contributed by atoms with van der Waals surface area (Å²) in [6.45, 7) is 0.928. The summed E-state index contributed by atoms with van der Waals surface area (Å²) in [5.41, 5.74) is 1.76. The molecule has 0 aliphatic rings. The highest BCUT2D eigenvalue weighted by Crippen LogP contribution is 2.19. The van der Waals surface area contributed by atoms with Gasteiger partial charge < -0.3 is 4.74 Å². The zero-order valence-electron chi connectivity index (χ0n) is 19.1. The minimum absolute atomic E-state index is 0.205. The number of methoxy groups -OCH3 is 1. The summed E-state index contributed by atoms with van der Waals surface area (Å²) >= 11 is 5.97. The topological polar surface area (TPSA) is 106 Å². The molecule has 1 amide bonds. The minimum Gasteiger partial charge on any atom is -0.385 e. The van der Waals surface area contributed by atoms with Gasteiger partial charge in [-0.25, -0.2) is 21.7 Å². The maximum Gasteiger partial charge on any atom is 0.264 e. The van der Waals surface area contributed by atoms with E-state index in [-0.39, 0.29) is 24.3 Å². The van der Waals surface area contributed by atoms with Crippen molar-refractivity contribution in [2.45, 2.75) is 24.4 Å². The second-order valence-electron chi connectivity index (χ2n) is 7.62. The van der Waals surface area contributed by atoms with Crippen LogP contribution in [0.3, 0.4) is 0 Å². The molecule has 186 valence electrons. The molecular weight excluding hydrogens is 510 g/mol. The van der Waals surface area contributed by atoms with E-state index in [2.05, 4.69) is 9.71 Å². The molecule has 0 aliphatic carbocycles. The van der Waals surface area contributed by atoms with Crippen molar-refractivity contribution in [1.82, 2.24) is 14.0 Å². The molecule has 1 unspecified atom stereocenters. The molecule has 0 aliphatic heterocycles. The van der Waals surface area contributed by atoms with Crippen molar-refractivity contribution >= 4 is 38.5 Å². The first-order valence-electron chi connectivity index (χ1n) is 10.7. The van der Waals surface area contributed by atoms with Crippen LogP contribution in [0.5, 0.6) is 0 Å². The number of sulfonamides is 1. The van der Waals surface area contributed by atoms with Crippen LogP contribution in [0.4, 0.5) is 0 Å². The highest BCUT2D eigenvalue weighted by atomic mass is 35.5. The summed E-state index contributed by atoms with van der Waals surface area (Å²) in [7, 11) is -3.77. The van der Waals surface area contributed by atoms with Gasteiger partial charge in [-0.2, -0.15) is 0 Å². The molecule has 0 saturated carbocycles. The van der Waals surface area contributed by atoms with E-state index in [1.807, 2.05) is 18.2 Å². The van der Waals surface area contributed by atoms with Crippen LogP contribution in [-0.4, -0.2) is 47.3 Å². The third kappa shape index (κ3) is 8.52. The van der Waals surface area contributed by atoms with Gasteiger partial charge in [0.1, 0.15) is 11.0 Å². The smallest absolute Gasteiger partial charge is 0.264 e. The average molecular weight is 536 g/mol. The normalized spacial score (nSPS) is 12.4. The van der Waals surface area contributed by atoms with Crippen LogP contribution < -0.4 is 4.72 Å². The van der Waals surface area contributed by atoms with Crippen molar-refractivity contribution in [1.29, 1.82) is 0 Å². The fourth-order valence-electron chi connectivity index (χ4n) is 3.16. The number of ether oxygens (including phenoxy) is 1. The zero-order valence-corrected chi connectivity index (χ0v) is 21.5. The number of pyridine rings is 1. The number of benzene rings is 2. The first-order chi connectivity index (χ1) is 16.8. The van der Waals surface area contributed by atoms with E-state index in [0.29, 0.717) is 23.0 Å². The van der Waals surface area contributed by atoms with Gasteiger partial charge in [-0.05, 0) is 60.5 Å². The van der Waals surface area contributed by atoms with Crippen LogP contribution in [0.25, 0.3) is 0 Å². The van der Waals surface area contributed by atoms with Gasteiger partial charge in [0.2, 0.25) is 10.0 Å². The van der Waals surface area contributed by atoms with Crippen molar-refractivity contribution < 1.29 is 22.2 Å². The predicted molar refractivity (Wildman–Crippen MR) is 136 cm³/mol. The number of nitrogens with zero attached hydrogens (tertiary/aromatic N) is 2. The van der Waals surface area contributed by atoms with Gasteiger partial charge in [0, 0.05) is 37.0 Å². The lowest BCUT2D eigenvalue weighted by Crippen LogP contribution is -2.32. The molecule has 0 radical (unpaired) electrons. The van der Waals surface area contributed by atoms with Gasteiger partial charge in [-0.15, -0.1) is 0 Å². The molecule has 11 heteroatoms. The largest absolute Gasteiger partial charge is 0.385 e. The number of rotatable bonds is 12. The second-order valence-corrected chi connectivity index (χ2v) is 11.4. The maximum absolute atomic E-state index is 13.3. The number of halogens is 1. The third-order valence-corrected chi connectivity index (χ3v) is 7.88. The standard InChI is InChI=1S/C24H26ClN3O5S2/c1-33-15-4-16-35(31,32)27-24(29)20-8-6-19(7-9-20)17-28(18-22-5-2-3-14-26-22)34(30)23-12-10-21(25)11-13-23/h2-3,5-14H,4,15-18H2,1H3,(H,27,29). The fraction of sp³-hybridized carbons (Fsp3) is 0.250. The molecule has 0 fully saturated rings. The molecule has 0 saturated heterocycles. The van der Waals surface area contributed by atoms with Crippen molar-refractivity contribution in [2.24, 2.45) is 0 Å². The quantitative estimate of drug-likeness (QED) is 0.355. The Labute approximate surface area is 212 Å². The molecule has 0 spiro atoms. The fourth-order valence-corrected chi connectivity index (χ4v) is 5.46. The summed E-state index contributed by atoms with van der Waals surface area (Å²) in [5, 5.41) is 0.552. The Kier molecular flexibility index (Phi) is 9.93. The van der Waals surface area contributed by atoms with Gasteiger partial charge in [0.25, 0.3) is 5.91 Å². The summed E-state index contributed by atoms with van der Waals surface area (Å²) in [5.74, 6) is -0.909. The molecule has 1 heterocycles. The van der Waals surface area contributed by atoms with Crippen molar-refractivity contribution in [3.05, 3.63) is 94.8 Å².